The van der Waals surface area contributed by atoms with Gasteiger partial charge in [-0.1, -0.05) is 49.2 Å². The standard InChI is InChI=1S/C24H27Cl3N2O3/c1-24(2,18-12-21(26)23(22(27)13-18)32-15-19(30)14-25)17-4-6-20(7-5-17)31-11-3-9-29-10-8-28-16-29/h4-8,10,12-13,16,19,30H,3,9,11,14-15H2,1-2H3. The van der Waals surface area contributed by atoms with Crippen LogP contribution < -0.4 is 9.47 Å². The molecule has 0 aliphatic rings. The summed E-state index contributed by atoms with van der Waals surface area (Å²) in [6, 6.07) is 11.7. The van der Waals surface area contributed by atoms with Crippen molar-refractivity contribution in [2.45, 2.75) is 38.3 Å². The second-order valence-corrected chi connectivity index (χ2v) is 9.16. The first-order valence-electron chi connectivity index (χ1n) is 10.4. The number of imidazole rings is 1. The maximum absolute atomic E-state index is 9.61. The van der Waals surface area contributed by atoms with Crippen LogP contribution in [0.4, 0.5) is 0 Å². The van der Waals surface area contributed by atoms with Crippen LogP contribution >= 0.6 is 34.8 Å². The van der Waals surface area contributed by atoms with Crippen molar-refractivity contribution in [3.05, 3.63) is 76.3 Å². The minimum atomic E-state index is -0.786. The monoisotopic (exact) mass is 496 g/mol. The molecular weight excluding hydrogens is 471 g/mol. The summed E-state index contributed by atoms with van der Waals surface area (Å²) in [5, 5.41) is 10.4. The fourth-order valence-electron chi connectivity index (χ4n) is 3.27. The van der Waals surface area contributed by atoms with Crippen LogP contribution in [0.2, 0.25) is 10.0 Å². The van der Waals surface area contributed by atoms with Crippen molar-refractivity contribution < 1.29 is 14.6 Å². The third kappa shape index (κ3) is 6.32. The average molecular weight is 498 g/mol. The van der Waals surface area contributed by atoms with Gasteiger partial charge in [-0.3, -0.25) is 0 Å². The number of aliphatic hydroxyl groups excluding tert-OH is 1. The predicted octanol–water partition coefficient (Wildman–Crippen LogP) is 5.96. The fraction of sp³-hybridized carbons (Fsp3) is 0.375. The molecule has 0 amide bonds. The zero-order valence-electron chi connectivity index (χ0n) is 18.1. The number of hydrogen-bond donors (Lipinski definition) is 1. The number of rotatable bonds is 11. The third-order valence-electron chi connectivity index (χ3n) is 5.28. The predicted molar refractivity (Wildman–Crippen MR) is 130 cm³/mol. The molecule has 1 N–H and O–H groups in total. The zero-order valence-corrected chi connectivity index (χ0v) is 20.4. The SMILES string of the molecule is CC(C)(c1ccc(OCCCn2ccnc2)cc1)c1cc(Cl)c(OCC(O)CCl)c(Cl)c1. The summed E-state index contributed by atoms with van der Waals surface area (Å²) in [5.41, 5.74) is 1.70. The molecule has 0 aliphatic heterocycles. The van der Waals surface area contributed by atoms with Gasteiger partial charge >= 0.3 is 0 Å². The fourth-order valence-corrected chi connectivity index (χ4v) is 3.96. The van der Waals surface area contributed by atoms with Crippen LogP contribution in [0.5, 0.6) is 11.5 Å². The lowest BCUT2D eigenvalue weighted by molar-refractivity contribution is 0.125. The maximum Gasteiger partial charge on any atom is 0.156 e. The summed E-state index contributed by atoms with van der Waals surface area (Å²) < 4.78 is 13.5. The van der Waals surface area contributed by atoms with Gasteiger partial charge in [-0.05, 0) is 41.8 Å². The number of halogens is 3. The normalized spacial score (nSPS) is 12.6. The molecule has 1 heterocycles. The number of ether oxygens (including phenoxy) is 2. The summed E-state index contributed by atoms with van der Waals surface area (Å²) >= 11 is 18.5. The Morgan fingerprint density at radius 2 is 1.75 bits per heavy atom. The molecule has 0 saturated heterocycles. The molecule has 0 saturated carbocycles. The van der Waals surface area contributed by atoms with Crippen LogP contribution in [-0.2, 0) is 12.0 Å². The number of alkyl halides is 1. The number of nitrogens with zero attached hydrogens (tertiary/aromatic N) is 2. The van der Waals surface area contributed by atoms with E-state index < -0.39 is 6.10 Å². The number of benzene rings is 2. The van der Waals surface area contributed by atoms with Gasteiger partial charge in [0.15, 0.2) is 5.75 Å². The summed E-state index contributed by atoms with van der Waals surface area (Å²) in [6.07, 6.45) is 5.63. The highest BCUT2D eigenvalue weighted by atomic mass is 35.5. The number of aromatic nitrogens is 2. The van der Waals surface area contributed by atoms with E-state index in [1.165, 1.54) is 0 Å². The topological polar surface area (TPSA) is 56.5 Å². The Morgan fingerprint density at radius 3 is 2.34 bits per heavy atom. The Hall–Kier alpha value is -1.92. The largest absolute Gasteiger partial charge is 0.494 e. The number of aryl methyl sites for hydroxylation is 1. The van der Waals surface area contributed by atoms with Crippen molar-refractivity contribution in [2.24, 2.45) is 0 Å². The van der Waals surface area contributed by atoms with Gasteiger partial charge in [0.1, 0.15) is 18.5 Å². The molecule has 5 nitrogen and oxygen atoms in total. The second-order valence-electron chi connectivity index (χ2n) is 8.04. The third-order valence-corrected chi connectivity index (χ3v) is 6.20. The van der Waals surface area contributed by atoms with Crippen LogP contribution in [0.1, 0.15) is 31.4 Å². The minimum absolute atomic E-state index is 0.0233. The molecule has 1 atom stereocenters. The smallest absolute Gasteiger partial charge is 0.156 e. The van der Waals surface area contributed by atoms with E-state index in [0.717, 1.165) is 29.8 Å². The van der Waals surface area contributed by atoms with E-state index in [2.05, 4.69) is 18.8 Å². The molecule has 32 heavy (non-hydrogen) atoms. The lowest BCUT2D eigenvalue weighted by Crippen LogP contribution is -2.20. The van der Waals surface area contributed by atoms with Gasteiger partial charge < -0.3 is 19.1 Å². The van der Waals surface area contributed by atoms with Gasteiger partial charge in [-0.15, -0.1) is 11.6 Å². The van der Waals surface area contributed by atoms with Gasteiger partial charge in [0.2, 0.25) is 0 Å². The first-order chi connectivity index (χ1) is 15.3. The first-order valence-corrected chi connectivity index (χ1v) is 11.7. The van der Waals surface area contributed by atoms with E-state index in [1.54, 1.807) is 12.5 Å². The van der Waals surface area contributed by atoms with E-state index in [0.29, 0.717) is 22.4 Å². The van der Waals surface area contributed by atoms with Gasteiger partial charge in [0.25, 0.3) is 0 Å². The van der Waals surface area contributed by atoms with Gasteiger partial charge in [-0.2, -0.15) is 0 Å². The van der Waals surface area contributed by atoms with Crippen LogP contribution in [0.25, 0.3) is 0 Å². The number of aliphatic hydroxyl groups is 1. The first kappa shape index (κ1) is 24.7. The zero-order chi connectivity index (χ0) is 23.1. The van der Waals surface area contributed by atoms with Crippen molar-refractivity contribution >= 4 is 34.8 Å². The van der Waals surface area contributed by atoms with Gasteiger partial charge in [0, 0.05) is 24.4 Å². The van der Waals surface area contributed by atoms with E-state index in [4.69, 9.17) is 44.3 Å². The summed E-state index contributed by atoms with van der Waals surface area (Å²) in [4.78, 5) is 4.04. The highest BCUT2D eigenvalue weighted by Crippen LogP contribution is 2.40. The molecule has 0 bridgehead atoms. The summed E-state index contributed by atoms with van der Waals surface area (Å²) in [7, 11) is 0. The molecule has 0 radical (unpaired) electrons. The van der Waals surface area contributed by atoms with Crippen molar-refractivity contribution in [3.8, 4) is 11.5 Å². The maximum atomic E-state index is 9.61. The molecule has 0 spiro atoms. The molecule has 1 aromatic heterocycles. The van der Waals surface area contributed by atoms with Crippen molar-refractivity contribution in [1.82, 2.24) is 9.55 Å². The van der Waals surface area contributed by atoms with Gasteiger partial charge in [-0.25, -0.2) is 4.98 Å². The Morgan fingerprint density at radius 1 is 1.06 bits per heavy atom. The Kier molecular flexibility index (Phi) is 8.72. The Balaban J connectivity index is 1.64. The molecule has 3 aromatic rings. The molecule has 172 valence electrons. The quantitative estimate of drug-likeness (QED) is 0.262. The molecule has 1 unspecified atom stereocenters. The van der Waals surface area contributed by atoms with Crippen LogP contribution in [0.15, 0.2) is 55.1 Å². The highest BCUT2D eigenvalue weighted by molar-refractivity contribution is 6.37. The number of hydrogen-bond acceptors (Lipinski definition) is 4. The lowest BCUT2D eigenvalue weighted by Gasteiger charge is -2.27. The molecular formula is C24H27Cl3N2O3. The summed E-state index contributed by atoms with van der Waals surface area (Å²) in [5.74, 6) is 1.24. The minimum Gasteiger partial charge on any atom is -0.494 e. The van der Waals surface area contributed by atoms with Gasteiger partial charge in [0.05, 0.1) is 28.9 Å². The summed E-state index contributed by atoms with van der Waals surface area (Å²) in [6.45, 7) is 5.74. The van der Waals surface area contributed by atoms with E-state index in [9.17, 15) is 5.11 Å². The molecule has 0 aliphatic carbocycles. The van der Waals surface area contributed by atoms with E-state index in [1.807, 2.05) is 47.2 Å². The second kappa shape index (κ2) is 11.3. The molecule has 2 aromatic carbocycles. The van der Waals surface area contributed by atoms with Crippen molar-refractivity contribution in [3.63, 3.8) is 0 Å². The van der Waals surface area contributed by atoms with Crippen LogP contribution in [-0.4, -0.2) is 39.9 Å². The molecule has 0 fully saturated rings. The van der Waals surface area contributed by atoms with Crippen LogP contribution in [0, 0.1) is 0 Å². The highest BCUT2D eigenvalue weighted by Gasteiger charge is 2.26. The average Bonchev–Trinajstić information content (AvgIpc) is 3.29. The molecule has 8 heteroatoms. The van der Waals surface area contributed by atoms with E-state index in [-0.39, 0.29) is 17.9 Å². The van der Waals surface area contributed by atoms with Crippen molar-refractivity contribution in [1.29, 1.82) is 0 Å². The van der Waals surface area contributed by atoms with Crippen molar-refractivity contribution in [2.75, 3.05) is 19.1 Å². The molecule has 3 rings (SSSR count). The Bertz CT molecular complexity index is 969. The lowest BCUT2D eigenvalue weighted by atomic mass is 9.78. The van der Waals surface area contributed by atoms with Crippen LogP contribution in [0.3, 0.4) is 0 Å². The van der Waals surface area contributed by atoms with E-state index >= 15 is 0 Å². The Labute approximate surface area is 203 Å².